The molecular weight excluding hydrogens is 334 g/mol. The monoisotopic (exact) mass is 357 g/mol. The van der Waals surface area contributed by atoms with Gasteiger partial charge in [-0.25, -0.2) is 4.98 Å². The van der Waals surface area contributed by atoms with Crippen molar-refractivity contribution in [3.05, 3.63) is 36.1 Å². The molecule has 4 heterocycles. The van der Waals surface area contributed by atoms with E-state index in [1.165, 1.54) is 0 Å². The molecule has 8 heteroatoms. The van der Waals surface area contributed by atoms with Crippen molar-refractivity contribution in [3.63, 3.8) is 0 Å². The number of hydrogen-bond acceptors (Lipinski definition) is 7. The molecule has 0 N–H and O–H groups in total. The van der Waals surface area contributed by atoms with Gasteiger partial charge < -0.3 is 19.1 Å². The normalized spacial score (nSPS) is 23.4. The molecule has 138 valence electrons. The zero-order valence-corrected chi connectivity index (χ0v) is 14.9. The number of ether oxygens (including phenoxy) is 1. The van der Waals surface area contributed by atoms with Crippen molar-refractivity contribution >= 4 is 11.7 Å². The third-order valence-electron chi connectivity index (χ3n) is 5.08. The highest BCUT2D eigenvalue weighted by Crippen LogP contribution is 2.35. The summed E-state index contributed by atoms with van der Waals surface area (Å²) in [4.78, 5) is 25.5. The van der Waals surface area contributed by atoms with E-state index in [4.69, 9.17) is 9.26 Å². The molecule has 0 bridgehead atoms. The molecule has 1 amide bonds. The molecule has 1 spiro atoms. The number of aromatic nitrogens is 3. The Morgan fingerprint density at radius 2 is 2.23 bits per heavy atom. The van der Waals surface area contributed by atoms with E-state index in [0.717, 1.165) is 25.3 Å². The average molecular weight is 357 g/mol. The van der Waals surface area contributed by atoms with E-state index in [1.54, 1.807) is 6.92 Å². The summed E-state index contributed by atoms with van der Waals surface area (Å²) in [5.41, 5.74) is -0.0611. The van der Waals surface area contributed by atoms with Crippen LogP contribution in [0, 0.1) is 12.3 Å². The quantitative estimate of drug-likeness (QED) is 0.812. The number of carbonyl (C=O) groups is 1. The van der Waals surface area contributed by atoms with Crippen LogP contribution in [0.15, 0.2) is 28.9 Å². The second kappa shape index (κ2) is 7.03. The first-order chi connectivity index (χ1) is 12.6. The first kappa shape index (κ1) is 17.0. The summed E-state index contributed by atoms with van der Waals surface area (Å²) in [6.07, 6.45) is 2.93. The molecule has 0 radical (unpaired) electrons. The Balaban J connectivity index is 1.45. The number of amides is 1. The lowest BCUT2D eigenvalue weighted by molar-refractivity contribution is -0.131. The summed E-state index contributed by atoms with van der Waals surface area (Å²) >= 11 is 0. The smallest absolute Gasteiger partial charge is 0.236 e. The van der Waals surface area contributed by atoms with Gasteiger partial charge in [0.1, 0.15) is 12.2 Å². The highest BCUT2D eigenvalue weighted by Gasteiger charge is 2.42. The standard InChI is InChI=1S/C18H23N5O3/c1-14-20-16(26-21-14)10-17(24)23-8-9-25-13-18(12-23)5-7-22(11-18)15-4-2-3-6-19-15/h2-4,6H,5,7-13H2,1H3. The van der Waals surface area contributed by atoms with Crippen LogP contribution in [0.25, 0.3) is 0 Å². The lowest BCUT2D eigenvalue weighted by Gasteiger charge is -2.31. The van der Waals surface area contributed by atoms with Crippen molar-refractivity contribution in [1.29, 1.82) is 0 Å². The molecule has 2 aliphatic rings. The number of carbonyl (C=O) groups excluding carboxylic acids is 1. The van der Waals surface area contributed by atoms with E-state index < -0.39 is 0 Å². The minimum atomic E-state index is -0.0611. The van der Waals surface area contributed by atoms with Crippen molar-refractivity contribution in [2.24, 2.45) is 5.41 Å². The highest BCUT2D eigenvalue weighted by atomic mass is 16.5. The number of anilines is 1. The summed E-state index contributed by atoms with van der Waals surface area (Å²) in [6, 6.07) is 5.94. The Bertz CT molecular complexity index is 765. The minimum Gasteiger partial charge on any atom is -0.379 e. The van der Waals surface area contributed by atoms with Gasteiger partial charge in [0.05, 0.1) is 13.2 Å². The van der Waals surface area contributed by atoms with Crippen molar-refractivity contribution in [1.82, 2.24) is 20.0 Å². The van der Waals surface area contributed by atoms with E-state index in [0.29, 0.717) is 38.0 Å². The molecule has 0 saturated carbocycles. The van der Waals surface area contributed by atoms with Gasteiger partial charge in [0.2, 0.25) is 11.8 Å². The maximum Gasteiger partial charge on any atom is 0.236 e. The molecule has 1 atom stereocenters. The largest absolute Gasteiger partial charge is 0.379 e. The third-order valence-corrected chi connectivity index (χ3v) is 5.08. The SMILES string of the molecule is Cc1noc(CC(=O)N2CCOCC3(CCN(c4ccccn4)C3)C2)n1. The third kappa shape index (κ3) is 3.55. The number of aryl methyl sites for hydroxylation is 1. The highest BCUT2D eigenvalue weighted by molar-refractivity contribution is 5.78. The van der Waals surface area contributed by atoms with Crippen LogP contribution in [-0.4, -0.2) is 65.3 Å². The van der Waals surface area contributed by atoms with Gasteiger partial charge >= 0.3 is 0 Å². The van der Waals surface area contributed by atoms with E-state index in [1.807, 2.05) is 29.3 Å². The molecular formula is C18H23N5O3. The predicted octanol–water partition coefficient (Wildman–Crippen LogP) is 1.07. The molecule has 2 aliphatic heterocycles. The topological polar surface area (TPSA) is 84.6 Å². The second-order valence-electron chi connectivity index (χ2n) is 7.14. The van der Waals surface area contributed by atoms with Gasteiger partial charge in [-0.2, -0.15) is 4.98 Å². The number of nitrogens with zero attached hydrogens (tertiary/aromatic N) is 5. The Hall–Kier alpha value is -2.48. The van der Waals surface area contributed by atoms with Crippen LogP contribution in [0.2, 0.25) is 0 Å². The summed E-state index contributed by atoms with van der Waals surface area (Å²) in [5.74, 6) is 1.90. The Morgan fingerprint density at radius 3 is 3.00 bits per heavy atom. The van der Waals surface area contributed by atoms with Gasteiger partial charge in [0, 0.05) is 37.8 Å². The van der Waals surface area contributed by atoms with Crippen molar-refractivity contribution in [2.45, 2.75) is 19.8 Å². The minimum absolute atomic E-state index is 0.00908. The fraction of sp³-hybridized carbons (Fsp3) is 0.556. The Morgan fingerprint density at radius 1 is 1.31 bits per heavy atom. The van der Waals surface area contributed by atoms with E-state index >= 15 is 0 Å². The molecule has 2 aromatic heterocycles. The fourth-order valence-corrected chi connectivity index (χ4v) is 3.78. The molecule has 2 fully saturated rings. The van der Waals surface area contributed by atoms with Crippen LogP contribution >= 0.6 is 0 Å². The maximum atomic E-state index is 12.7. The van der Waals surface area contributed by atoms with Crippen LogP contribution in [0.4, 0.5) is 5.82 Å². The van der Waals surface area contributed by atoms with Crippen molar-refractivity contribution in [2.75, 3.05) is 44.3 Å². The number of pyridine rings is 1. The summed E-state index contributed by atoms with van der Waals surface area (Å²) in [5, 5.41) is 3.75. The summed E-state index contributed by atoms with van der Waals surface area (Å²) < 4.78 is 11.0. The molecule has 2 saturated heterocycles. The van der Waals surface area contributed by atoms with Gasteiger partial charge in [0.15, 0.2) is 5.82 Å². The van der Waals surface area contributed by atoms with Gasteiger partial charge in [-0.1, -0.05) is 11.2 Å². The maximum absolute atomic E-state index is 12.7. The van der Waals surface area contributed by atoms with Crippen LogP contribution in [0.5, 0.6) is 0 Å². The summed E-state index contributed by atoms with van der Waals surface area (Å²) in [6.45, 7) is 6.01. The molecule has 1 unspecified atom stereocenters. The van der Waals surface area contributed by atoms with Crippen LogP contribution < -0.4 is 4.90 Å². The first-order valence-electron chi connectivity index (χ1n) is 8.94. The second-order valence-corrected chi connectivity index (χ2v) is 7.14. The predicted molar refractivity (Wildman–Crippen MR) is 93.6 cm³/mol. The van der Waals surface area contributed by atoms with E-state index in [2.05, 4.69) is 20.0 Å². The van der Waals surface area contributed by atoms with Crippen LogP contribution in [0.1, 0.15) is 18.1 Å². The Labute approximate surface area is 152 Å². The zero-order valence-electron chi connectivity index (χ0n) is 14.9. The molecule has 8 nitrogen and oxygen atoms in total. The first-order valence-corrected chi connectivity index (χ1v) is 8.94. The molecule has 0 aliphatic carbocycles. The van der Waals surface area contributed by atoms with E-state index in [-0.39, 0.29) is 17.7 Å². The molecule has 2 aromatic rings. The van der Waals surface area contributed by atoms with E-state index in [9.17, 15) is 4.79 Å². The van der Waals surface area contributed by atoms with Crippen LogP contribution in [-0.2, 0) is 16.0 Å². The van der Waals surface area contributed by atoms with Gasteiger partial charge in [-0.05, 0) is 25.5 Å². The zero-order chi connectivity index (χ0) is 18.0. The fourth-order valence-electron chi connectivity index (χ4n) is 3.78. The summed E-state index contributed by atoms with van der Waals surface area (Å²) in [7, 11) is 0. The lowest BCUT2D eigenvalue weighted by Crippen LogP contribution is -2.44. The molecule has 4 rings (SSSR count). The van der Waals surface area contributed by atoms with Crippen LogP contribution in [0.3, 0.4) is 0 Å². The average Bonchev–Trinajstić information content (AvgIpc) is 3.18. The van der Waals surface area contributed by atoms with Gasteiger partial charge in [0.25, 0.3) is 0 Å². The lowest BCUT2D eigenvalue weighted by atomic mass is 9.87. The Kier molecular flexibility index (Phi) is 4.58. The number of hydrogen-bond donors (Lipinski definition) is 0. The van der Waals surface area contributed by atoms with Crippen molar-refractivity contribution < 1.29 is 14.1 Å². The molecule has 26 heavy (non-hydrogen) atoms. The number of rotatable bonds is 3. The molecule has 0 aromatic carbocycles. The van der Waals surface area contributed by atoms with Gasteiger partial charge in [-0.15, -0.1) is 0 Å². The van der Waals surface area contributed by atoms with Crippen molar-refractivity contribution in [3.8, 4) is 0 Å². The van der Waals surface area contributed by atoms with Gasteiger partial charge in [-0.3, -0.25) is 4.79 Å².